The summed E-state index contributed by atoms with van der Waals surface area (Å²) in [5, 5.41) is 10.8. The Bertz CT molecular complexity index is 688. The minimum Gasteiger partial charge on any atom is -0.543 e. The second-order valence-electron chi connectivity index (χ2n) is 3.44. The Morgan fingerprint density at radius 3 is 2.33 bits per heavy atom. The first-order valence-electron chi connectivity index (χ1n) is 4.83. The lowest BCUT2D eigenvalue weighted by molar-refractivity contribution is -0.255. The zero-order valence-electron chi connectivity index (χ0n) is 8.91. The molecule has 94 valence electrons. The van der Waals surface area contributed by atoms with E-state index in [4.69, 9.17) is 0 Å². The van der Waals surface area contributed by atoms with Crippen molar-refractivity contribution in [2.24, 2.45) is 0 Å². The van der Waals surface area contributed by atoms with Crippen molar-refractivity contribution in [3.63, 3.8) is 0 Å². The largest absolute Gasteiger partial charge is 0.543 e. The Morgan fingerprint density at radius 1 is 1.17 bits per heavy atom. The SMILES string of the molecule is O=C([O-])c1cccn1S(=O)(=O)c1ccc(F)cc1. The number of aromatic carboxylic acids is 1. The van der Waals surface area contributed by atoms with Crippen LogP contribution in [0.15, 0.2) is 47.5 Å². The summed E-state index contributed by atoms with van der Waals surface area (Å²) >= 11 is 0. The molecule has 1 aromatic carbocycles. The molecule has 2 aromatic rings. The molecule has 0 amide bonds. The number of nitrogens with zero attached hydrogens (tertiary/aromatic N) is 1. The summed E-state index contributed by atoms with van der Waals surface area (Å²) in [6.07, 6.45) is 1.09. The normalized spacial score (nSPS) is 11.4. The highest BCUT2D eigenvalue weighted by atomic mass is 32.2. The van der Waals surface area contributed by atoms with Crippen molar-refractivity contribution in [1.82, 2.24) is 3.97 Å². The van der Waals surface area contributed by atoms with Crippen LogP contribution in [-0.4, -0.2) is 18.4 Å². The average molecular weight is 268 g/mol. The topological polar surface area (TPSA) is 79.2 Å². The van der Waals surface area contributed by atoms with Crippen LogP contribution in [0.5, 0.6) is 0 Å². The molecule has 0 spiro atoms. The lowest BCUT2D eigenvalue weighted by Gasteiger charge is -2.10. The molecule has 0 N–H and O–H groups in total. The number of rotatable bonds is 3. The van der Waals surface area contributed by atoms with Crippen molar-refractivity contribution in [1.29, 1.82) is 0 Å². The zero-order valence-corrected chi connectivity index (χ0v) is 9.72. The fraction of sp³-hybridized carbons (Fsp3) is 0. The van der Waals surface area contributed by atoms with Gasteiger partial charge in [-0.1, -0.05) is 0 Å². The van der Waals surface area contributed by atoms with Gasteiger partial charge in [-0.25, -0.2) is 16.8 Å². The van der Waals surface area contributed by atoms with Gasteiger partial charge in [0, 0.05) is 6.20 Å². The van der Waals surface area contributed by atoms with Gasteiger partial charge in [0.15, 0.2) is 0 Å². The van der Waals surface area contributed by atoms with Gasteiger partial charge in [-0.2, -0.15) is 0 Å². The van der Waals surface area contributed by atoms with E-state index in [1.165, 1.54) is 6.07 Å². The van der Waals surface area contributed by atoms with E-state index >= 15 is 0 Å². The zero-order chi connectivity index (χ0) is 13.3. The molecule has 0 saturated heterocycles. The summed E-state index contributed by atoms with van der Waals surface area (Å²) in [5.74, 6) is -2.19. The van der Waals surface area contributed by atoms with Gasteiger partial charge in [0.25, 0.3) is 10.0 Å². The summed E-state index contributed by atoms with van der Waals surface area (Å²) in [7, 11) is -4.06. The maximum absolute atomic E-state index is 12.7. The number of hydrogen-bond donors (Lipinski definition) is 0. The predicted octanol–water partition coefficient (Wildman–Crippen LogP) is 0.228. The van der Waals surface area contributed by atoms with Gasteiger partial charge >= 0.3 is 0 Å². The molecule has 1 aromatic heterocycles. The van der Waals surface area contributed by atoms with Gasteiger partial charge in [0.05, 0.1) is 16.6 Å². The molecular weight excluding hydrogens is 261 g/mol. The van der Waals surface area contributed by atoms with E-state index in [9.17, 15) is 22.7 Å². The van der Waals surface area contributed by atoms with Gasteiger partial charge in [0.2, 0.25) is 0 Å². The molecule has 0 atom stereocenters. The van der Waals surface area contributed by atoms with Crippen molar-refractivity contribution in [2.45, 2.75) is 4.90 Å². The highest BCUT2D eigenvalue weighted by Gasteiger charge is 2.19. The Labute approximate surface area is 102 Å². The Balaban J connectivity index is 2.58. The lowest BCUT2D eigenvalue weighted by Crippen LogP contribution is -2.28. The number of carbonyl (C=O) groups is 1. The summed E-state index contributed by atoms with van der Waals surface area (Å²) < 4.78 is 37.5. The van der Waals surface area contributed by atoms with E-state index in [1.54, 1.807) is 0 Å². The average Bonchev–Trinajstić information content (AvgIpc) is 2.79. The molecule has 0 aliphatic carbocycles. The fourth-order valence-corrected chi connectivity index (χ4v) is 2.79. The second kappa shape index (κ2) is 4.26. The van der Waals surface area contributed by atoms with E-state index in [2.05, 4.69) is 0 Å². The molecule has 18 heavy (non-hydrogen) atoms. The fourth-order valence-electron chi connectivity index (χ4n) is 1.45. The number of carboxylic acid groups (broad SMARTS) is 1. The first-order valence-corrected chi connectivity index (χ1v) is 6.27. The number of carboxylic acids is 1. The van der Waals surface area contributed by atoms with Gasteiger partial charge in [-0.15, -0.1) is 0 Å². The minimum absolute atomic E-state index is 0.206. The third-order valence-electron chi connectivity index (χ3n) is 2.29. The Morgan fingerprint density at radius 2 is 1.78 bits per heavy atom. The quantitative estimate of drug-likeness (QED) is 0.798. The third-order valence-corrected chi connectivity index (χ3v) is 4.00. The van der Waals surface area contributed by atoms with Crippen LogP contribution >= 0.6 is 0 Å². The highest BCUT2D eigenvalue weighted by Crippen LogP contribution is 2.16. The third kappa shape index (κ3) is 2.00. The van der Waals surface area contributed by atoms with Crippen LogP contribution in [0.4, 0.5) is 4.39 Å². The molecular formula is C11H7FNO4S-. The molecule has 0 saturated carbocycles. The van der Waals surface area contributed by atoms with Crippen molar-refractivity contribution >= 4 is 16.0 Å². The van der Waals surface area contributed by atoms with E-state index in [0.29, 0.717) is 3.97 Å². The Hall–Kier alpha value is -2.15. The molecule has 7 heteroatoms. The molecule has 0 bridgehead atoms. The van der Waals surface area contributed by atoms with Crippen LogP contribution in [0, 0.1) is 5.82 Å². The first-order chi connectivity index (χ1) is 8.43. The maximum Gasteiger partial charge on any atom is 0.268 e. The molecule has 1 heterocycles. The number of hydrogen-bond acceptors (Lipinski definition) is 4. The monoisotopic (exact) mass is 268 g/mol. The standard InChI is InChI=1S/C11H8FNO4S/c12-8-3-5-9(6-4-8)18(16,17)13-7-1-2-10(13)11(14)15/h1-7H,(H,14,15)/p-1. The van der Waals surface area contributed by atoms with Gasteiger partial charge < -0.3 is 9.90 Å². The molecule has 5 nitrogen and oxygen atoms in total. The molecule has 2 rings (SSSR count). The van der Waals surface area contributed by atoms with Crippen LogP contribution in [0.2, 0.25) is 0 Å². The molecule has 0 fully saturated rings. The summed E-state index contributed by atoms with van der Waals surface area (Å²) in [4.78, 5) is 10.6. The Kier molecular flexibility index (Phi) is 2.92. The molecule has 0 unspecified atom stereocenters. The van der Waals surface area contributed by atoms with Gasteiger partial charge in [-0.05, 0) is 36.4 Å². The van der Waals surface area contributed by atoms with Crippen LogP contribution in [0.25, 0.3) is 0 Å². The molecule has 0 aliphatic rings. The number of carbonyl (C=O) groups excluding carboxylic acids is 1. The maximum atomic E-state index is 12.7. The van der Waals surface area contributed by atoms with Gasteiger partial charge in [0.1, 0.15) is 5.82 Å². The highest BCUT2D eigenvalue weighted by molar-refractivity contribution is 7.90. The lowest BCUT2D eigenvalue weighted by atomic mass is 10.4. The van der Waals surface area contributed by atoms with Crippen LogP contribution < -0.4 is 5.11 Å². The predicted molar refractivity (Wildman–Crippen MR) is 57.7 cm³/mol. The van der Waals surface area contributed by atoms with Crippen molar-refractivity contribution in [3.05, 3.63) is 54.1 Å². The van der Waals surface area contributed by atoms with Crippen LogP contribution in [-0.2, 0) is 10.0 Å². The number of benzene rings is 1. The smallest absolute Gasteiger partial charge is 0.268 e. The summed E-state index contributed by atoms with van der Waals surface area (Å²) in [6, 6.07) is 6.46. The minimum atomic E-state index is -4.06. The van der Waals surface area contributed by atoms with Crippen molar-refractivity contribution in [2.75, 3.05) is 0 Å². The second-order valence-corrected chi connectivity index (χ2v) is 5.25. The van der Waals surface area contributed by atoms with Crippen molar-refractivity contribution in [3.8, 4) is 0 Å². The summed E-state index contributed by atoms with van der Waals surface area (Å²) in [5.41, 5.74) is -0.487. The van der Waals surface area contributed by atoms with Gasteiger partial charge in [-0.3, -0.25) is 0 Å². The van der Waals surface area contributed by atoms with E-state index in [0.717, 1.165) is 36.5 Å². The van der Waals surface area contributed by atoms with Crippen LogP contribution in [0.1, 0.15) is 10.5 Å². The molecule has 0 aliphatic heterocycles. The van der Waals surface area contributed by atoms with E-state index in [-0.39, 0.29) is 4.90 Å². The summed E-state index contributed by atoms with van der Waals surface area (Å²) in [6.45, 7) is 0. The number of halogens is 1. The van der Waals surface area contributed by atoms with Crippen molar-refractivity contribution < 1.29 is 22.7 Å². The van der Waals surface area contributed by atoms with E-state index < -0.39 is 27.5 Å². The van der Waals surface area contributed by atoms with Crippen LogP contribution in [0.3, 0.4) is 0 Å². The number of aromatic nitrogens is 1. The first kappa shape index (κ1) is 12.3. The van der Waals surface area contributed by atoms with E-state index in [1.807, 2.05) is 0 Å². The molecule has 0 radical (unpaired) electrons.